The van der Waals surface area contributed by atoms with Gasteiger partial charge in [0, 0.05) is 23.1 Å². The van der Waals surface area contributed by atoms with Crippen LogP contribution in [0.15, 0.2) is 18.8 Å². The molecule has 1 heterocycles. The van der Waals surface area contributed by atoms with Crippen molar-refractivity contribution in [3.63, 3.8) is 0 Å². The molecule has 0 bridgehead atoms. The number of aromatic nitrogens is 1. The molecule has 1 saturated carbocycles. The standard InChI is InChI=1S/C15H22N2O/c1-10(2)17-9-8-13(11(17)3)14(18)16-15(4,5)12-6-7-12/h8-9,12H,1,6-7H2,2-5H3,(H,16,18). The van der Waals surface area contributed by atoms with Crippen LogP contribution in [0.4, 0.5) is 0 Å². The molecule has 0 saturated heterocycles. The summed E-state index contributed by atoms with van der Waals surface area (Å²) in [7, 11) is 0. The Morgan fingerprint density at radius 2 is 2.11 bits per heavy atom. The predicted molar refractivity (Wildman–Crippen MR) is 74.4 cm³/mol. The maximum Gasteiger partial charge on any atom is 0.253 e. The molecule has 1 aromatic heterocycles. The Morgan fingerprint density at radius 1 is 1.50 bits per heavy atom. The summed E-state index contributed by atoms with van der Waals surface area (Å²) < 4.78 is 1.94. The quantitative estimate of drug-likeness (QED) is 0.869. The summed E-state index contributed by atoms with van der Waals surface area (Å²) in [5, 5.41) is 3.15. The van der Waals surface area contributed by atoms with Gasteiger partial charge in [-0.15, -0.1) is 0 Å². The first-order chi connectivity index (χ1) is 8.33. The molecular weight excluding hydrogens is 224 g/mol. The SMILES string of the molecule is C=C(C)n1ccc(C(=O)NC(C)(C)C2CC2)c1C. The number of nitrogens with zero attached hydrogens (tertiary/aromatic N) is 1. The normalized spacial score (nSPS) is 15.6. The molecule has 1 N–H and O–H groups in total. The van der Waals surface area contributed by atoms with Crippen molar-refractivity contribution in [1.29, 1.82) is 0 Å². The Kier molecular flexibility index (Phi) is 3.09. The van der Waals surface area contributed by atoms with Gasteiger partial charge in [0.1, 0.15) is 0 Å². The maximum absolute atomic E-state index is 12.3. The number of hydrogen-bond acceptors (Lipinski definition) is 1. The molecule has 3 nitrogen and oxygen atoms in total. The fourth-order valence-corrected chi connectivity index (χ4v) is 2.43. The van der Waals surface area contributed by atoms with E-state index in [1.807, 2.05) is 30.7 Å². The molecule has 1 fully saturated rings. The monoisotopic (exact) mass is 246 g/mol. The minimum atomic E-state index is -0.102. The minimum Gasteiger partial charge on any atom is -0.347 e. The number of amides is 1. The highest BCUT2D eigenvalue weighted by atomic mass is 16.1. The lowest BCUT2D eigenvalue weighted by Gasteiger charge is -2.26. The Hall–Kier alpha value is -1.51. The molecule has 1 aliphatic carbocycles. The number of hydrogen-bond donors (Lipinski definition) is 1. The summed E-state index contributed by atoms with van der Waals surface area (Å²) in [6.07, 6.45) is 4.34. The zero-order valence-corrected chi connectivity index (χ0v) is 11.7. The van der Waals surface area contributed by atoms with Gasteiger partial charge in [-0.1, -0.05) is 6.58 Å². The van der Waals surface area contributed by atoms with Crippen molar-refractivity contribution in [2.75, 3.05) is 0 Å². The molecule has 1 amide bonds. The van der Waals surface area contributed by atoms with Gasteiger partial charge >= 0.3 is 0 Å². The van der Waals surface area contributed by atoms with Crippen LogP contribution in [0.25, 0.3) is 5.70 Å². The van der Waals surface area contributed by atoms with Gasteiger partial charge in [-0.2, -0.15) is 0 Å². The Balaban J connectivity index is 2.16. The van der Waals surface area contributed by atoms with Crippen molar-refractivity contribution in [3.05, 3.63) is 30.1 Å². The van der Waals surface area contributed by atoms with Gasteiger partial charge in [0.05, 0.1) is 5.56 Å². The molecule has 2 rings (SSSR count). The minimum absolute atomic E-state index is 0.0180. The molecule has 0 spiro atoms. The van der Waals surface area contributed by atoms with E-state index in [0.29, 0.717) is 5.92 Å². The molecule has 1 aromatic rings. The lowest BCUT2D eigenvalue weighted by molar-refractivity contribution is 0.0903. The van der Waals surface area contributed by atoms with Crippen molar-refractivity contribution < 1.29 is 4.79 Å². The topological polar surface area (TPSA) is 34.0 Å². The molecule has 1 aliphatic rings. The van der Waals surface area contributed by atoms with E-state index in [0.717, 1.165) is 17.0 Å². The van der Waals surface area contributed by atoms with Crippen LogP contribution in [0.5, 0.6) is 0 Å². The van der Waals surface area contributed by atoms with Crippen molar-refractivity contribution in [1.82, 2.24) is 9.88 Å². The van der Waals surface area contributed by atoms with Crippen LogP contribution in [0.1, 0.15) is 49.7 Å². The van der Waals surface area contributed by atoms with Gasteiger partial charge < -0.3 is 9.88 Å². The predicted octanol–water partition coefficient (Wildman–Crippen LogP) is 3.21. The first kappa shape index (κ1) is 12.9. The van der Waals surface area contributed by atoms with Crippen LogP contribution in [0.2, 0.25) is 0 Å². The third-order valence-electron chi connectivity index (χ3n) is 3.83. The fraction of sp³-hybridized carbons (Fsp3) is 0.533. The average molecular weight is 246 g/mol. The molecule has 18 heavy (non-hydrogen) atoms. The summed E-state index contributed by atoms with van der Waals surface area (Å²) in [4.78, 5) is 12.3. The van der Waals surface area contributed by atoms with Crippen molar-refractivity contribution in [2.45, 2.75) is 46.1 Å². The van der Waals surface area contributed by atoms with E-state index in [1.165, 1.54) is 12.8 Å². The average Bonchev–Trinajstić information content (AvgIpc) is 3.01. The summed E-state index contributed by atoms with van der Waals surface area (Å²) in [6, 6.07) is 1.86. The lowest BCUT2D eigenvalue weighted by Crippen LogP contribution is -2.45. The van der Waals surface area contributed by atoms with Crippen LogP contribution in [-0.4, -0.2) is 16.0 Å². The van der Waals surface area contributed by atoms with E-state index in [1.54, 1.807) is 0 Å². The molecule has 0 aromatic carbocycles. The first-order valence-electron chi connectivity index (χ1n) is 6.49. The van der Waals surface area contributed by atoms with Crippen LogP contribution in [0, 0.1) is 12.8 Å². The van der Waals surface area contributed by atoms with Crippen LogP contribution >= 0.6 is 0 Å². The largest absolute Gasteiger partial charge is 0.347 e. The third kappa shape index (κ3) is 2.35. The smallest absolute Gasteiger partial charge is 0.253 e. The van der Waals surface area contributed by atoms with Gasteiger partial charge in [0.2, 0.25) is 0 Å². The Morgan fingerprint density at radius 3 is 2.56 bits per heavy atom. The zero-order chi connectivity index (χ0) is 13.5. The second kappa shape index (κ2) is 4.30. The number of rotatable bonds is 4. The summed E-state index contributed by atoms with van der Waals surface area (Å²) >= 11 is 0. The molecule has 0 unspecified atom stereocenters. The molecule has 3 heteroatoms. The zero-order valence-electron chi connectivity index (χ0n) is 11.7. The molecule has 0 atom stereocenters. The Bertz CT molecular complexity index is 493. The Labute approximate surface area is 109 Å². The molecular formula is C15H22N2O. The second-order valence-corrected chi connectivity index (χ2v) is 5.87. The van der Waals surface area contributed by atoms with Crippen LogP contribution < -0.4 is 5.32 Å². The van der Waals surface area contributed by atoms with Crippen LogP contribution in [-0.2, 0) is 0 Å². The van der Waals surface area contributed by atoms with Crippen molar-refractivity contribution in [3.8, 4) is 0 Å². The highest BCUT2D eigenvalue weighted by Gasteiger charge is 2.39. The van der Waals surface area contributed by atoms with Crippen molar-refractivity contribution >= 4 is 11.6 Å². The third-order valence-corrected chi connectivity index (χ3v) is 3.83. The number of carbonyl (C=O) groups excluding carboxylic acids is 1. The van der Waals surface area contributed by atoms with Gasteiger partial charge in [0.15, 0.2) is 0 Å². The van der Waals surface area contributed by atoms with Gasteiger partial charge in [0.25, 0.3) is 5.91 Å². The highest BCUT2D eigenvalue weighted by Crippen LogP contribution is 2.39. The lowest BCUT2D eigenvalue weighted by atomic mass is 9.98. The van der Waals surface area contributed by atoms with Gasteiger partial charge in [-0.05, 0) is 52.5 Å². The molecule has 0 aliphatic heterocycles. The van der Waals surface area contributed by atoms with E-state index in [-0.39, 0.29) is 11.4 Å². The second-order valence-electron chi connectivity index (χ2n) is 5.87. The number of nitrogens with one attached hydrogen (secondary N) is 1. The summed E-state index contributed by atoms with van der Waals surface area (Å²) in [6.45, 7) is 12.0. The van der Waals surface area contributed by atoms with E-state index in [9.17, 15) is 4.79 Å². The van der Waals surface area contributed by atoms with E-state index in [4.69, 9.17) is 0 Å². The first-order valence-corrected chi connectivity index (χ1v) is 6.49. The van der Waals surface area contributed by atoms with E-state index < -0.39 is 0 Å². The van der Waals surface area contributed by atoms with Gasteiger partial charge in [-0.25, -0.2) is 0 Å². The number of allylic oxidation sites excluding steroid dienone is 1. The number of carbonyl (C=O) groups is 1. The van der Waals surface area contributed by atoms with E-state index >= 15 is 0 Å². The maximum atomic E-state index is 12.3. The molecule has 98 valence electrons. The fourth-order valence-electron chi connectivity index (χ4n) is 2.43. The summed E-state index contributed by atoms with van der Waals surface area (Å²) in [5.74, 6) is 0.648. The highest BCUT2D eigenvalue weighted by molar-refractivity contribution is 5.96. The summed E-state index contributed by atoms with van der Waals surface area (Å²) in [5.41, 5.74) is 2.51. The van der Waals surface area contributed by atoms with E-state index in [2.05, 4.69) is 25.7 Å². The van der Waals surface area contributed by atoms with Crippen LogP contribution in [0.3, 0.4) is 0 Å². The van der Waals surface area contributed by atoms with Crippen molar-refractivity contribution in [2.24, 2.45) is 5.92 Å². The molecule has 0 radical (unpaired) electrons. The van der Waals surface area contributed by atoms with Gasteiger partial charge in [-0.3, -0.25) is 4.79 Å².